The summed E-state index contributed by atoms with van der Waals surface area (Å²) >= 11 is 8.73. The second kappa shape index (κ2) is 11.2. The van der Waals surface area contributed by atoms with Crippen molar-refractivity contribution in [2.75, 3.05) is 5.75 Å². The van der Waals surface area contributed by atoms with Gasteiger partial charge in [-0.25, -0.2) is 10.4 Å². The summed E-state index contributed by atoms with van der Waals surface area (Å²) in [4.78, 5) is 30.3. The molecule has 0 saturated heterocycles. The SMILES string of the molecule is O=C(CSc1nc2ccccc2c(=O)n1-c1ccc(Br)cc1)NN=Cc1cc(I)cc(I)c1O. The minimum Gasteiger partial charge on any atom is -0.506 e. The van der Waals surface area contributed by atoms with Crippen LogP contribution in [-0.2, 0) is 4.79 Å². The van der Waals surface area contributed by atoms with Gasteiger partial charge in [0.2, 0.25) is 0 Å². The molecule has 0 aliphatic heterocycles. The molecule has 11 heteroatoms. The van der Waals surface area contributed by atoms with E-state index in [1.807, 2.05) is 59.0 Å². The van der Waals surface area contributed by atoms with Gasteiger partial charge in [-0.2, -0.15) is 5.10 Å². The predicted molar refractivity (Wildman–Crippen MR) is 155 cm³/mol. The molecule has 2 N–H and O–H groups in total. The zero-order valence-corrected chi connectivity index (χ0v) is 23.9. The second-order valence-corrected chi connectivity index (χ2v) is 11.2. The smallest absolute Gasteiger partial charge is 0.266 e. The van der Waals surface area contributed by atoms with Crippen LogP contribution in [0.25, 0.3) is 16.6 Å². The van der Waals surface area contributed by atoms with E-state index >= 15 is 0 Å². The van der Waals surface area contributed by atoms with E-state index < -0.39 is 0 Å². The van der Waals surface area contributed by atoms with E-state index in [9.17, 15) is 14.7 Å². The number of halogens is 3. The number of carbonyl (C=O) groups excluding carboxylic acids is 1. The maximum atomic E-state index is 13.2. The first-order valence-corrected chi connectivity index (χ1v) is 13.7. The van der Waals surface area contributed by atoms with Crippen molar-refractivity contribution in [2.24, 2.45) is 5.10 Å². The quantitative estimate of drug-likeness (QED) is 0.0915. The molecular formula is C23H15BrI2N4O3S. The molecule has 1 aromatic heterocycles. The van der Waals surface area contributed by atoms with Gasteiger partial charge < -0.3 is 5.11 Å². The number of nitrogens with one attached hydrogen (secondary N) is 1. The fourth-order valence-corrected chi connectivity index (χ4v) is 6.01. The van der Waals surface area contributed by atoms with Gasteiger partial charge in [0.1, 0.15) is 5.75 Å². The Balaban J connectivity index is 1.56. The van der Waals surface area contributed by atoms with Crippen LogP contribution in [0, 0.1) is 7.14 Å². The number of thioether (sulfide) groups is 1. The summed E-state index contributed by atoms with van der Waals surface area (Å²) in [5, 5.41) is 15.0. The lowest BCUT2D eigenvalue weighted by Gasteiger charge is -2.13. The van der Waals surface area contributed by atoms with E-state index in [4.69, 9.17) is 0 Å². The molecule has 0 aliphatic rings. The Morgan fingerprint density at radius 3 is 2.68 bits per heavy atom. The van der Waals surface area contributed by atoms with Crippen LogP contribution < -0.4 is 11.0 Å². The summed E-state index contributed by atoms with van der Waals surface area (Å²) in [6.07, 6.45) is 1.40. The van der Waals surface area contributed by atoms with Gasteiger partial charge in [0, 0.05) is 13.6 Å². The van der Waals surface area contributed by atoms with E-state index in [0.717, 1.165) is 19.8 Å². The molecule has 7 nitrogen and oxygen atoms in total. The van der Waals surface area contributed by atoms with E-state index in [1.165, 1.54) is 10.8 Å². The maximum absolute atomic E-state index is 13.2. The number of hydrazone groups is 1. The van der Waals surface area contributed by atoms with E-state index in [1.54, 1.807) is 24.3 Å². The van der Waals surface area contributed by atoms with E-state index in [2.05, 4.69) is 54.0 Å². The standard InChI is InChI=1S/C23H15BrI2N4O3S/c24-14-5-7-16(8-6-14)30-22(33)17-3-1-2-4-19(17)28-23(30)34-12-20(31)29-27-11-13-9-15(25)10-18(26)21(13)32/h1-11,32H,12H2,(H,29,31). The molecule has 1 amide bonds. The first kappa shape index (κ1) is 25.1. The molecule has 0 atom stereocenters. The Kier molecular flexibility index (Phi) is 8.26. The molecule has 0 bridgehead atoms. The van der Waals surface area contributed by atoms with Crippen LogP contribution in [0.15, 0.2) is 80.2 Å². The summed E-state index contributed by atoms with van der Waals surface area (Å²) < 4.78 is 4.03. The number of fused-ring (bicyclic) bond motifs is 1. The number of hydrogen-bond donors (Lipinski definition) is 2. The summed E-state index contributed by atoms with van der Waals surface area (Å²) in [6.45, 7) is 0. The minimum atomic E-state index is -0.370. The molecule has 34 heavy (non-hydrogen) atoms. The molecule has 0 aliphatic carbocycles. The van der Waals surface area contributed by atoms with Gasteiger partial charge in [0.15, 0.2) is 5.16 Å². The van der Waals surface area contributed by atoms with Crippen LogP contribution in [-0.4, -0.2) is 32.5 Å². The predicted octanol–water partition coefficient (Wildman–Crippen LogP) is 5.31. The van der Waals surface area contributed by atoms with Crippen LogP contribution in [0.1, 0.15) is 5.56 Å². The molecule has 0 unspecified atom stereocenters. The number of phenolic OH excluding ortho intramolecular Hbond substituents is 1. The van der Waals surface area contributed by atoms with Gasteiger partial charge >= 0.3 is 0 Å². The average Bonchev–Trinajstić information content (AvgIpc) is 2.82. The third kappa shape index (κ3) is 5.80. The van der Waals surface area contributed by atoms with Crippen molar-refractivity contribution in [3.05, 3.63) is 88.2 Å². The number of rotatable bonds is 6. The third-order valence-corrected chi connectivity index (χ3v) is 7.53. The zero-order valence-electron chi connectivity index (χ0n) is 17.2. The van der Waals surface area contributed by atoms with Gasteiger partial charge in [0.25, 0.3) is 11.5 Å². The second-order valence-electron chi connectivity index (χ2n) is 6.94. The number of aromatic nitrogens is 2. The summed E-state index contributed by atoms with van der Waals surface area (Å²) in [5.41, 5.74) is 3.96. The van der Waals surface area contributed by atoms with Gasteiger partial charge in [-0.1, -0.05) is 39.8 Å². The number of hydrogen-bond acceptors (Lipinski definition) is 6. The monoisotopic (exact) mass is 760 g/mol. The fraction of sp³-hybridized carbons (Fsp3) is 0.0435. The molecule has 0 radical (unpaired) electrons. The van der Waals surface area contributed by atoms with Crippen molar-refractivity contribution in [3.63, 3.8) is 0 Å². The van der Waals surface area contributed by atoms with Crippen molar-refractivity contribution in [1.82, 2.24) is 15.0 Å². The lowest BCUT2D eigenvalue weighted by Crippen LogP contribution is -2.24. The van der Waals surface area contributed by atoms with Crippen LogP contribution in [0.2, 0.25) is 0 Å². The van der Waals surface area contributed by atoms with E-state index in [0.29, 0.717) is 30.9 Å². The van der Waals surface area contributed by atoms with Crippen molar-refractivity contribution in [1.29, 1.82) is 0 Å². The number of nitrogens with zero attached hydrogens (tertiary/aromatic N) is 3. The van der Waals surface area contributed by atoms with Gasteiger partial charge in [-0.15, -0.1) is 0 Å². The normalized spacial score (nSPS) is 11.3. The molecule has 172 valence electrons. The van der Waals surface area contributed by atoms with Crippen molar-refractivity contribution >= 4 is 95.9 Å². The molecule has 0 spiro atoms. The molecule has 0 fully saturated rings. The zero-order chi connectivity index (χ0) is 24.2. The molecule has 1 heterocycles. The van der Waals surface area contributed by atoms with Gasteiger partial charge in [-0.3, -0.25) is 14.2 Å². The lowest BCUT2D eigenvalue weighted by atomic mass is 10.2. The van der Waals surface area contributed by atoms with Gasteiger partial charge in [0.05, 0.1) is 32.1 Å². The van der Waals surface area contributed by atoms with Crippen molar-refractivity contribution in [3.8, 4) is 11.4 Å². The Labute approximate surface area is 234 Å². The van der Waals surface area contributed by atoms with Crippen LogP contribution in [0.4, 0.5) is 0 Å². The lowest BCUT2D eigenvalue weighted by molar-refractivity contribution is -0.118. The Hall–Kier alpha value is -1.97. The maximum Gasteiger partial charge on any atom is 0.266 e. The molecule has 0 saturated carbocycles. The number of benzene rings is 3. The highest BCUT2D eigenvalue weighted by atomic mass is 127. The first-order valence-electron chi connectivity index (χ1n) is 9.74. The number of phenols is 1. The number of carbonyl (C=O) groups is 1. The Morgan fingerprint density at radius 1 is 1.18 bits per heavy atom. The number of para-hydroxylation sites is 1. The topological polar surface area (TPSA) is 96.6 Å². The first-order chi connectivity index (χ1) is 16.3. The number of amides is 1. The van der Waals surface area contributed by atoms with Crippen LogP contribution in [0.3, 0.4) is 0 Å². The molecule has 4 rings (SSSR count). The number of aromatic hydroxyl groups is 1. The summed E-state index contributed by atoms with van der Waals surface area (Å²) in [7, 11) is 0. The Bertz CT molecular complexity index is 1480. The summed E-state index contributed by atoms with van der Waals surface area (Å²) in [6, 6.07) is 18.0. The fourth-order valence-electron chi connectivity index (χ4n) is 3.05. The Morgan fingerprint density at radius 2 is 1.91 bits per heavy atom. The summed E-state index contributed by atoms with van der Waals surface area (Å²) in [5.74, 6) is -0.271. The molecule has 3 aromatic carbocycles. The van der Waals surface area contributed by atoms with Gasteiger partial charge in [-0.05, 0) is 93.7 Å². The highest BCUT2D eigenvalue weighted by Crippen LogP contribution is 2.26. The van der Waals surface area contributed by atoms with Crippen LogP contribution >= 0.6 is 72.9 Å². The highest BCUT2D eigenvalue weighted by Gasteiger charge is 2.15. The largest absolute Gasteiger partial charge is 0.506 e. The van der Waals surface area contributed by atoms with E-state index in [-0.39, 0.29) is 23.0 Å². The van der Waals surface area contributed by atoms with Crippen molar-refractivity contribution < 1.29 is 9.90 Å². The van der Waals surface area contributed by atoms with Crippen LogP contribution in [0.5, 0.6) is 5.75 Å². The molecule has 4 aromatic rings. The highest BCUT2D eigenvalue weighted by molar-refractivity contribution is 14.1. The van der Waals surface area contributed by atoms with Crippen molar-refractivity contribution in [2.45, 2.75) is 5.16 Å². The average molecular weight is 761 g/mol. The minimum absolute atomic E-state index is 0.00547. The molecular weight excluding hydrogens is 746 g/mol. The third-order valence-electron chi connectivity index (χ3n) is 4.61.